The van der Waals surface area contributed by atoms with Crippen molar-refractivity contribution in [3.63, 3.8) is 0 Å². The van der Waals surface area contributed by atoms with Crippen LogP contribution in [0.2, 0.25) is 0 Å². The quantitative estimate of drug-likeness (QED) is 0.860. The van der Waals surface area contributed by atoms with Crippen LogP contribution in [-0.2, 0) is 6.54 Å². The molecule has 2 aromatic heterocycles. The highest BCUT2D eigenvalue weighted by atomic mass is 16.5. The van der Waals surface area contributed by atoms with Crippen molar-refractivity contribution in [2.24, 2.45) is 5.92 Å². The number of rotatable bonds is 5. The SMILES string of the molecule is CCOc1nc(NC(C)C)nc(N2C[C@H]3C[C@@H](C2)c2cccc(=O)n2C3)n1. The average Bonchev–Trinajstić information content (AvgIpc) is 2.62. The van der Waals surface area contributed by atoms with Gasteiger partial charge in [0, 0.05) is 43.4 Å². The third kappa shape index (κ3) is 3.61. The van der Waals surface area contributed by atoms with Gasteiger partial charge in [-0.3, -0.25) is 4.79 Å². The fraction of sp³-hybridized carbons (Fsp3) is 0.579. The Hall–Kier alpha value is -2.64. The summed E-state index contributed by atoms with van der Waals surface area (Å²) in [6, 6.07) is 6.13. The number of anilines is 2. The molecule has 0 spiro atoms. The maximum atomic E-state index is 12.2. The molecule has 0 unspecified atom stereocenters. The van der Waals surface area contributed by atoms with Gasteiger partial charge in [0.1, 0.15) is 0 Å². The lowest BCUT2D eigenvalue weighted by Crippen LogP contribution is -2.47. The summed E-state index contributed by atoms with van der Waals surface area (Å²) in [4.78, 5) is 27.9. The number of piperidine rings is 1. The molecule has 8 nitrogen and oxygen atoms in total. The van der Waals surface area contributed by atoms with E-state index in [0.29, 0.717) is 36.3 Å². The second-order valence-electron chi connectivity index (χ2n) is 7.58. The van der Waals surface area contributed by atoms with E-state index in [1.54, 1.807) is 6.07 Å². The van der Waals surface area contributed by atoms with Crippen molar-refractivity contribution in [1.82, 2.24) is 19.5 Å². The van der Waals surface area contributed by atoms with E-state index in [1.165, 1.54) is 0 Å². The number of aromatic nitrogens is 4. The molecular formula is C19H26N6O2. The molecule has 4 rings (SSSR count). The Labute approximate surface area is 158 Å². The van der Waals surface area contributed by atoms with Crippen LogP contribution in [0, 0.1) is 5.92 Å². The minimum absolute atomic E-state index is 0.0952. The van der Waals surface area contributed by atoms with Gasteiger partial charge < -0.3 is 19.5 Å². The van der Waals surface area contributed by atoms with Crippen LogP contribution in [0.4, 0.5) is 11.9 Å². The second kappa shape index (κ2) is 7.17. The molecule has 1 fully saturated rings. The lowest BCUT2D eigenvalue weighted by molar-refractivity contribution is 0.277. The standard InChI is InChI=1S/C19H26N6O2/c1-4-27-19-22-17(20-12(2)3)21-18(23-19)24-9-13-8-14(11-24)15-6-5-7-16(26)25(15)10-13/h5-7,12-14H,4,8-11H2,1-3H3,(H,20,21,22,23)/t13-,14+/m1/s1. The maximum Gasteiger partial charge on any atom is 0.323 e. The van der Waals surface area contributed by atoms with Gasteiger partial charge in [-0.05, 0) is 39.2 Å². The Morgan fingerprint density at radius 1 is 1.22 bits per heavy atom. The van der Waals surface area contributed by atoms with Crippen LogP contribution in [-0.4, -0.2) is 45.3 Å². The molecule has 1 N–H and O–H groups in total. The Morgan fingerprint density at radius 2 is 2.07 bits per heavy atom. The number of ether oxygens (including phenoxy) is 1. The van der Waals surface area contributed by atoms with Gasteiger partial charge in [-0.25, -0.2) is 0 Å². The monoisotopic (exact) mass is 370 g/mol. The third-order valence-electron chi connectivity index (χ3n) is 5.06. The van der Waals surface area contributed by atoms with Crippen LogP contribution < -0.4 is 20.5 Å². The van der Waals surface area contributed by atoms with Crippen molar-refractivity contribution in [2.75, 3.05) is 29.9 Å². The third-order valence-corrected chi connectivity index (χ3v) is 5.06. The summed E-state index contributed by atoms with van der Waals surface area (Å²) >= 11 is 0. The van der Waals surface area contributed by atoms with Crippen molar-refractivity contribution in [2.45, 2.75) is 45.7 Å². The van der Waals surface area contributed by atoms with Crippen molar-refractivity contribution >= 4 is 11.9 Å². The number of nitrogens with one attached hydrogen (secondary N) is 1. The van der Waals surface area contributed by atoms with Crippen LogP contribution in [0.25, 0.3) is 0 Å². The number of nitrogens with zero attached hydrogens (tertiary/aromatic N) is 5. The Morgan fingerprint density at radius 3 is 2.85 bits per heavy atom. The van der Waals surface area contributed by atoms with Crippen molar-refractivity contribution in [3.8, 4) is 6.01 Å². The first kappa shape index (κ1) is 17.8. The zero-order valence-electron chi connectivity index (χ0n) is 16.1. The van der Waals surface area contributed by atoms with E-state index in [9.17, 15) is 4.79 Å². The van der Waals surface area contributed by atoms with Crippen LogP contribution in [0.1, 0.15) is 38.8 Å². The fourth-order valence-corrected chi connectivity index (χ4v) is 4.06. The molecule has 0 amide bonds. The van der Waals surface area contributed by atoms with Crippen molar-refractivity contribution in [1.29, 1.82) is 0 Å². The molecule has 4 heterocycles. The second-order valence-corrected chi connectivity index (χ2v) is 7.58. The van der Waals surface area contributed by atoms with Gasteiger partial charge in [0.15, 0.2) is 0 Å². The molecule has 1 saturated heterocycles. The van der Waals surface area contributed by atoms with Crippen molar-refractivity contribution < 1.29 is 4.74 Å². The first-order valence-electron chi connectivity index (χ1n) is 9.63. The van der Waals surface area contributed by atoms with Gasteiger partial charge in [0.25, 0.3) is 5.56 Å². The highest BCUT2D eigenvalue weighted by Crippen LogP contribution is 2.36. The molecule has 0 aliphatic carbocycles. The zero-order valence-corrected chi connectivity index (χ0v) is 16.1. The van der Waals surface area contributed by atoms with Crippen LogP contribution in [0.3, 0.4) is 0 Å². The van der Waals surface area contributed by atoms with Crippen LogP contribution in [0.5, 0.6) is 6.01 Å². The summed E-state index contributed by atoms with van der Waals surface area (Å²) in [6.45, 7) is 8.88. The highest BCUT2D eigenvalue weighted by Gasteiger charge is 2.35. The topological polar surface area (TPSA) is 85.2 Å². The number of hydrogen-bond donors (Lipinski definition) is 1. The molecule has 144 valence electrons. The smallest absolute Gasteiger partial charge is 0.323 e. The molecule has 2 aromatic rings. The Balaban J connectivity index is 1.65. The molecule has 2 atom stereocenters. The van der Waals surface area contributed by atoms with Crippen LogP contribution >= 0.6 is 0 Å². The maximum absolute atomic E-state index is 12.2. The first-order chi connectivity index (χ1) is 13.0. The lowest BCUT2D eigenvalue weighted by atomic mass is 9.83. The van der Waals surface area contributed by atoms with Crippen molar-refractivity contribution in [3.05, 3.63) is 34.2 Å². The van der Waals surface area contributed by atoms with E-state index >= 15 is 0 Å². The van der Waals surface area contributed by atoms with E-state index in [0.717, 1.165) is 31.7 Å². The van der Waals surface area contributed by atoms with Gasteiger partial charge >= 0.3 is 6.01 Å². The predicted molar refractivity (Wildman–Crippen MR) is 104 cm³/mol. The predicted octanol–water partition coefficient (Wildman–Crippen LogP) is 1.88. The summed E-state index contributed by atoms with van der Waals surface area (Å²) in [5.74, 6) is 1.88. The first-order valence-corrected chi connectivity index (χ1v) is 9.63. The lowest BCUT2D eigenvalue weighted by Gasteiger charge is -2.42. The summed E-state index contributed by atoms with van der Waals surface area (Å²) in [6.07, 6.45) is 1.10. The van der Waals surface area contributed by atoms with E-state index in [4.69, 9.17) is 4.74 Å². The molecule has 2 bridgehead atoms. The fourth-order valence-electron chi connectivity index (χ4n) is 4.06. The minimum atomic E-state index is 0.0952. The number of pyridine rings is 1. The van der Waals surface area contributed by atoms with Gasteiger partial charge in [-0.2, -0.15) is 15.0 Å². The van der Waals surface area contributed by atoms with Gasteiger partial charge in [0.05, 0.1) is 6.61 Å². The average molecular weight is 370 g/mol. The summed E-state index contributed by atoms with van der Waals surface area (Å²) in [7, 11) is 0. The van der Waals surface area contributed by atoms with Gasteiger partial charge in [0.2, 0.25) is 11.9 Å². The largest absolute Gasteiger partial charge is 0.464 e. The number of hydrogen-bond acceptors (Lipinski definition) is 7. The minimum Gasteiger partial charge on any atom is -0.464 e. The Kier molecular flexibility index (Phi) is 4.72. The Bertz CT molecular complexity index is 881. The van der Waals surface area contributed by atoms with Crippen LogP contribution in [0.15, 0.2) is 23.0 Å². The molecule has 0 aromatic carbocycles. The van der Waals surface area contributed by atoms with E-state index in [2.05, 4.69) is 31.2 Å². The molecule has 0 saturated carbocycles. The summed E-state index contributed by atoms with van der Waals surface area (Å²) in [5, 5.41) is 3.24. The molecule has 2 aliphatic rings. The molecule has 0 radical (unpaired) electrons. The zero-order chi connectivity index (χ0) is 19.0. The summed E-state index contributed by atoms with van der Waals surface area (Å²) < 4.78 is 7.48. The molecule has 27 heavy (non-hydrogen) atoms. The van der Waals surface area contributed by atoms with Gasteiger partial charge in [-0.1, -0.05) is 6.07 Å². The van der Waals surface area contributed by atoms with Gasteiger partial charge in [-0.15, -0.1) is 0 Å². The summed E-state index contributed by atoms with van der Waals surface area (Å²) in [5.41, 5.74) is 1.21. The highest BCUT2D eigenvalue weighted by molar-refractivity contribution is 5.40. The normalized spacial score (nSPS) is 21.1. The molecular weight excluding hydrogens is 344 g/mol. The van der Waals surface area contributed by atoms with E-state index in [1.807, 2.05) is 31.4 Å². The van der Waals surface area contributed by atoms with E-state index < -0.39 is 0 Å². The molecule has 2 aliphatic heterocycles. The number of fused-ring (bicyclic) bond motifs is 4. The molecule has 8 heteroatoms. The van der Waals surface area contributed by atoms with E-state index in [-0.39, 0.29) is 11.6 Å².